The molecule has 140 valence electrons. The largest absolute Gasteiger partial charge is 0.383 e. The van der Waals surface area contributed by atoms with Gasteiger partial charge in [0.1, 0.15) is 5.01 Å². The molecule has 0 saturated carbocycles. The number of fused-ring (bicyclic) bond motifs is 2. The number of benzene rings is 3. The van der Waals surface area contributed by atoms with Gasteiger partial charge in [-0.15, -0.1) is 11.3 Å². The summed E-state index contributed by atoms with van der Waals surface area (Å²) in [5.74, 6) is -2.19. The number of hydroxylamine groups is 2. The third-order valence-corrected chi connectivity index (χ3v) is 5.54. The van der Waals surface area contributed by atoms with E-state index in [1.54, 1.807) is 17.5 Å². The number of thiazole rings is 1. The predicted octanol–water partition coefficient (Wildman–Crippen LogP) is 4.33. The molecule has 7 heteroatoms. The maximum atomic E-state index is 12.5. The van der Waals surface area contributed by atoms with Crippen LogP contribution in [-0.2, 0) is 4.84 Å². The molecule has 0 fully saturated rings. The number of nitrogens with zero attached hydrogens (tertiary/aromatic N) is 2. The SMILES string of the molecule is O=C(ON1C(=O)c2ccccc2C1=O)c1csc(-c2cccc3ccccc23)n1. The van der Waals surface area contributed by atoms with Crippen molar-refractivity contribution < 1.29 is 19.2 Å². The summed E-state index contributed by atoms with van der Waals surface area (Å²) < 4.78 is 0. The zero-order valence-corrected chi connectivity index (χ0v) is 15.7. The van der Waals surface area contributed by atoms with Crippen LogP contribution in [-0.4, -0.2) is 27.8 Å². The molecule has 0 saturated heterocycles. The summed E-state index contributed by atoms with van der Waals surface area (Å²) >= 11 is 1.29. The molecule has 1 aliphatic rings. The number of hydrogen-bond acceptors (Lipinski definition) is 6. The molecular weight excluding hydrogens is 388 g/mol. The molecule has 3 aromatic carbocycles. The molecule has 0 aliphatic carbocycles. The first-order valence-electron chi connectivity index (χ1n) is 8.77. The van der Waals surface area contributed by atoms with Gasteiger partial charge in [0.2, 0.25) is 0 Å². The number of carbonyl (C=O) groups is 3. The number of hydrogen-bond donors (Lipinski definition) is 0. The van der Waals surface area contributed by atoms with Gasteiger partial charge in [-0.25, -0.2) is 9.78 Å². The zero-order chi connectivity index (χ0) is 20.0. The lowest BCUT2D eigenvalue weighted by Gasteiger charge is -2.11. The monoisotopic (exact) mass is 400 g/mol. The van der Waals surface area contributed by atoms with E-state index in [0.29, 0.717) is 10.1 Å². The smallest absolute Gasteiger partial charge is 0.322 e. The van der Waals surface area contributed by atoms with Crippen molar-refractivity contribution in [3.8, 4) is 10.6 Å². The molecule has 1 aliphatic heterocycles. The maximum Gasteiger partial charge on any atom is 0.383 e. The number of imide groups is 1. The fourth-order valence-electron chi connectivity index (χ4n) is 3.28. The third kappa shape index (κ3) is 2.79. The van der Waals surface area contributed by atoms with Gasteiger partial charge in [0.25, 0.3) is 11.8 Å². The highest BCUT2D eigenvalue weighted by molar-refractivity contribution is 7.13. The van der Waals surface area contributed by atoms with Crippen molar-refractivity contribution in [2.24, 2.45) is 0 Å². The first kappa shape index (κ1) is 17.3. The van der Waals surface area contributed by atoms with E-state index >= 15 is 0 Å². The van der Waals surface area contributed by atoms with Crippen molar-refractivity contribution in [2.75, 3.05) is 0 Å². The van der Waals surface area contributed by atoms with E-state index in [9.17, 15) is 14.4 Å². The molecule has 0 unspecified atom stereocenters. The van der Waals surface area contributed by atoms with Crippen LogP contribution < -0.4 is 0 Å². The second-order valence-corrected chi connectivity index (χ2v) is 7.25. The second-order valence-electron chi connectivity index (χ2n) is 6.39. The number of carbonyl (C=O) groups excluding carboxylic acids is 3. The lowest BCUT2D eigenvalue weighted by molar-refractivity contribution is -0.0587. The molecule has 0 atom stereocenters. The van der Waals surface area contributed by atoms with Crippen LogP contribution in [0.2, 0.25) is 0 Å². The Hall–Kier alpha value is -3.84. The molecule has 0 N–H and O–H groups in total. The van der Waals surface area contributed by atoms with Gasteiger partial charge in [-0.3, -0.25) is 9.59 Å². The number of amides is 2. The quantitative estimate of drug-likeness (QED) is 0.479. The maximum absolute atomic E-state index is 12.5. The van der Waals surface area contributed by atoms with Crippen LogP contribution in [0, 0.1) is 0 Å². The summed E-state index contributed by atoms with van der Waals surface area (Å²) in [6.07, 6.45) is 0. The predicted molar refractivity (Wildman–Crippen MR) is 107 cm³/mol. The second kappa shape index (κ2) is 6.65. The Morgan fingerprint density at radius 2 is 1.45 bits per heavy atom. The van der Waals surface area contributed by atoms with Crippen LogP contribution in [0.25, 0.3) is 21.3 Å². The van der Waals surface area contributed by atoms with Crippen LogP contribution in [0.5, 0.6) is 0 Å². The average molecular weight is 400 g/mol. The Balaban J connectivity index is 1.42. The van der Waals surface area contributed by atoms with Crippen molar-refractivity contribution >= 4 is 39.9 Å². The van der Waals surface area contributed by atoms with Crippen LogP contribution in [0.4, 0.5) is 0 Å². The number of aromatic nitrogens is 1. The number of rotatable bonds is 3. The Labute approximate surface area is 168 Å². The van der Waals surface area contributed by atoms with E-state index < -0.39 is 17.8 Å². The van der Waals surface area contributed by atoms with Crippen molar-refractivity contribution in [3.05, 3.63) is 88.9 Å². The molecule has 6 nitrogen and oxygen atoms in total. The summed E-state index contributed by atoms with van der Waals surface area (Å²) in [6.45, 7) is 0. The van der Waals surface area contributed by atoms with E-state index in [4.69, 9.17) is 4.84 Å². The molecule has 2 amide bonds. The zero-order valence-electron chi connectivity index (χ0n) is 14.9. The lowest BCUT2D eigenvalue weighted by atomic mass is 10.1. The van der Waals surface area contributed by atoms with Crippen LogP contribution in [0.1, 0.15) is 31.2 Å². The highest BCUT2D eigenvalue weighted by Crippen LogP contribution is 2.31. The average Bonchev–Trinajstić information content (AvgIpc) is 3.34. The van der Waals surface area contributed by atoms with Crippen molar-refractivity contribution in [1.82, 2.24) is 10.0 Å². The minimum absolute atomic E-state index is 0.0366. The van der Waals surface area contributed by atoms with Gasteiger partial charge in [0.05, 0.1) is 11.1 Å². The molecular formula is C22H12N2O4S. The van der Waals surface area contributed by atoms with Gasteiger partial charge in [-0.05, 0) is 22.9 Å². The van der Waals surface area contributed by atoms with Crippen LogP contribution in [0.3, 0.4) is 0 Å². The molecule has 1 aromatic heterocycles. The van der Waals surface area contributed by atoms with Gasteiger partial charge in [-0.1, -0.05) is 59.7 Å². The highest BCUT2D eigenvalue weighted by atomic mass is 32.1. The minimum atomic E-state index is -0.859. The van der Waals surface area contributed by atoms with Gasteiger partial charge in [0, 0.05) is 10.9 Å². The van der Waals surface area contributed by atoms with Crippen LogP contribution in [0.15, 0.2) is 72.1 Å². The first-order chi connectivity index (χ1) is 14.1. The minimum Gasteiger partial charge on any atom is -0.322 e. The van der Waals surface area contributed by atoms with Crippen molar-refractivity contribution in [2.45, 2.75) is 0 Å². The lowest BCUT2D eigenvalue weighted by Crippen LogP contribution is -2.32. The molecule has 4 aromatic rings. The van der Waals surface area contributed by atoms with Gasteiger partial charge in [-0.2, -0.15) is 0 Å². The highest BCUT2D eigenvalue weighted by Gasteiger charge is 2.39. The van der Waals surface area contributed by atoms with Crippen molar-refractivity contribution in [3.63, 3.8) is 0 Å². The molecule has 0 radical (unpaired) electrons. The summed E-state index contributed by atoms with van der Waals surface area (Å²) in [6, 6.07) is 20.1. The summed E-state index contributed by atoms with van der Waals surface area (Å²) in [7, 11) is 0. The molecule has 0 spiro atoms. The normalized spacial score (nSPS) is 13.0. The van der Waals surface area contributed by atoms with E-state index in [1.807, 2.05) is 42.5 Å². The first-order valence-corrected chi connectivity index (χ1v) is 9.65. The molecule has 29 heavy (non-hydrogen) atoms. The summed E-state index contributed by atoms with van der Waals surface area (Å²) in [4.78, 5) is 46.7. The topological polar surface area (TPSA) is 76.6 Å². The fourth-order valence-corrected chi connectivity index (χ4v) is 4.11. The summed E-state index contributed by atoms with van der Waals surface area (Å²) in [5.41, 5.74) is 1.35. The standard InChI is InChI=1S/C22H12N2O4S/c25-20-16-9-3-4-10-17(16)21(26)24(20)28-22(27)18-12-29-19(23-18)15-11-5-7-13-6-1-2-8-14(13)15/h1-12H. The Bertz CT molecular complexity index is 1270. The Morgan fingerprint density at radius 3 is 2.21 bits per heavy atom. The van der Waals surface area contributed by atoms with E-state index in [1.165, 1.54) is 23.5 Å². The molecule has 5 rings (SSSR count). The van der Waals surface area contributed by atoms with Gasteiger partial charge in [0.15, 0.2) is 5.69 Å². The third-order valence-electron chi connectivity index (χ3n) is 4.66. The summed E-state index contributed by atoms with van der Waals surface area (Å²) in [5, 5.41) is 4.78. The Morgan fingerprint density at radius 1 is 0.828 bits per heavy atom. The van der Waals surface area contributed by atoms with E-state index in [-0.39, 0.29) is 16.8 Å². The van der Waals surface area contributed by atoms with E-state index in [0.717, 1.165) is 16.3 Å². The molecule has 0 bridgehead atoms. The molecule has 2 heterocycles. The van der Waals surface area contributed by atoms with Crippen molar-refractivity contribution in [1.29, 1.82) is 0 Å². The van der Waals surface area contributed by atoms with Gasteiger partial charge < -0.3 is 4.84 Å². The Kier molecular flexibility index (Phi) is 3.96. The van der Waals surface area contributed by atoms with Gasteiger partial charge >= 0.3 is 5.97 Å². The van der Waals surface area contributed by atoms with Crippen LogP contribution >= 0.6 is 11.3 Å². The van der Waals surface area contributed by atoms with E-state index in [2.05, 4.69) is 4.98 Å². The fraction of sp³-hybridized carbons (Fsp3) is 0.